The van der Waals surface area contributed by atoms with Crippen LogP contribution in [0.15, 0.2) is 60.9 Å². The van der Waals surface area contributed by atoms with Crippen molar-refractivity contribution >= 4 is 46.2 Å². The van der Waals surface area contributed by atoms with E-state index in [1.165, 1.54) is 31.9 Å². The van der Waals surface area contributed by atoms with Crippen LogP contribution in [0, 0.1) is 24.7 Å². The first-order chi connectivity index (χ1) is 35.0. The van der Waals surface area contributed by atoms with E-state index in [2.05, 4.69) is 80.6 Å². The first-order valence-corrected chi connectivity index (χ1v) is 26.3. The summed E-state index contributed by atoms with van der Waals surface area (Å²) < 4.78 is 24.9. The highest BCUT2D eigenvalue weighted by atomic mass is 32.1. The van der Waals surface area contributed by atoms with Gasteiger partial charge in [-0.25, -0.2) is 19.6 Å². The van der Waals surface area contributed by atoms with E-state index in [1.807, 2.05) is 47.4 Å². The van der Waals surface area contributed by atoms with E-state index < -0.39 is 30.5 Å². The summed E-state index contributed by atoms with van der Waals surface area (Å²) in [5, 5.41) is 6.68. The van der Waals surface area contributed by atoms with Crippen LogP contribution in [0.4, 0.5) is 9.59 Å². The van der Waals surface area contributed by atoms with Crippen molar-refractivity contribution in [2.45, 2.75) is 114 Å². The maximum absolute atomic E-state index is 14.5. The molecule has 0 bridgehead atoms. The number of methoxy groups -OCH3 is 2. The maximum atomic E-state index is 14.5. The van der Waals surface area contributed by atoms with E-state index in [0.717, 1.165) is 92.4 Å². The number of likely N-dealkylation sites (tertiary alicyclic amines) is 2. The van der Waals surface area contributed by atoms with Crippen LogP contribution < -0.4 is 15.4 Å². The van der Waals surface area contributed by atoms with Crippen LogP contribution in [0.3, 0.4) is 0 Å². The molecular weight excluding hydrogens is 935 g/mol. The molecule has 4 amide bonds. The zero-order chi connectivity index (χ0) is 49.5. The normalized spacial score (nSPS) is 23.3. The molecule has 72 heavy (non-hydrogen) atoms. The average Bonchev–Trinajstić information content (AvgIpc) is 3.85. The summed E-state index contributed by atoms with van der Waals surface area (Å²) in [7, 11) is 2.62. The van der Waals surface area contributed by atoms with E-state index in [-0.39, 0.29) is 41.8 Å². The third-order valence-corrected chi connectivity index (χ3v) is 17.2. The molecule has 7 atom stereocenters. The molecule has 2 aliphatic carbocycles. The zero-order valence-corrected chi connectivity index (χ0v) is 42.1. The Balaban J connectivity index is 0.851. The fourth-order valence-electron chi connectivity index (χ4n) is 11.9. The van der Waals surface area contributed by atoms with Gasteiger partial charge in [-0.2, -0.15) is 0 Å². The number of ether oxygens (including phenoxy) is 4. The van der Waals surface area contributed by atoms with Crippen molar-refractivity contribution in [1.82, 2.24) is 44.9 Å². The Kier molecular flexibility index (Phi) is 11.9. The highest BCUT2D eigenvalue weighted by Gasteiger charge is 2.56. The fraction of sp³-hybridized carbons (Fsp3) is 0.481. The molecule has 8 heterocycles. The fourth-order valence-corrected chi connectivity index (χ4v) is 13.1. The van der Waals surface area contributed by atoms with Gasteiger partial charge in [-0.1, -0.05) is 19.9 Å². The van der Waals surface area contributed by atoms with Gasteiger partial charge in [-0.05, 0) is 130 Å². The Morgan fingerprint density at radius 1 is 0.806 bits per heavy atom. The number of nitrogens with zero attached hydrogens (tertiary/aromatic N) is 5. The number of thiophene rings is 1. The van der Waals surface area contributed by atoms with Crippen molar-refractivity contribution < 1.29 is 38.1 Å². The standard InChI is InChI=1S/C54H61N9O8S/c1-27(2)46(59-53(66)68-4)50(64)61-16-6-7-38(61)48-55-26-36(58-48)32-19-28(3)45-40-22-33-20-31(10-11-37(33)63(40)52(71-42(45)24-32)44-13-12-43(72-44)29-8-9-29)35-25-56-49(57-35)41-23-34-21-39(34)62(41)51(65)47(60-54(67)69-5)30-14-17-70-18-15-30/h10-13,19-20,22,24-27,29-30,34,38-39,41,46-47,52H,6-9,14-18,21,23H2,1-5H3,(H,55,58)(H,56,57)(H,59,66)(H,60,67)/t34-,38+,39-,41+,46+,47+,52?/m1/s1. The van der Waals surface area contributed by atoms with Crippen LogP contribution in [0.25, 0.3) is 44.7 Å². The van der Waals surface area contributed by atoms with Crippen LogP contribution in [0.2, 0.25) is 0 Å². The second-order valence-corrected chi connectivity index (χ2v) is 22.0. The first kappa shape index (κ1) is 46.4. The third-order valence-electron chi connectivity index (χ3n) is 15.9. The predicted molar refractivity (Wildman–Crippen MR) is 269 cm³/mol. The van der Waals surface area contributed by atoms with Crippen molar-refractivity contribution in [1.29, 1.82) is 0 Å². The molecule has 6 aliphatic rings. The quantitative estimate of drug-likeness (QED) is 0.0917. The third kappa shape index (κ3) is 8.29. The van der Waals surface area contributed by atoms with Crippen molar-refractivity contribution in [3.8, 4) is 39.5 Å². The lowest BCUT2D eigenvalue weighted by Crippen LogP contribution is -2.54. The zero-order valence-electron chi connectivity index (χ0n) is 41.2. The van der Waals surface area contributed by atoms with Gasteiger partial charge < -0.3 is 49.3 Å². The molecule has 1 unspecified atom stereocenters. The molecule has 4 aliphatic heterocycles. The van der Waals surface area contributed by atoms with E-state index in [4.69, 9.17) is 28.9 Å². The number of carbonyl (C=O) groups is 4. The van der Waals surface area contributed by atoms with Crippen LogP contribution in [0.5, 0.6) is 5.75 Å². The minimum absolute atomic E-state index is 0.0417. The highest BCUT2D eigenvalue weighted by molar-refractivity contribution is 7.12. The van der Waals surface area contributed by atoms with Crippen LogP contribution in [-0.4, -0.2) is 110 Å². The van der Waals surface area contributed by atoms with Gasteiger partial charge in [0.25, 0.3) is 0 Å². The number of H-pyrrole nitrogens is 2. The highest BCUT2D eigenvalue weighted by Crippen LogP contribution is 2.54. The summed E-state index contributed by atoms with van der Waals surface area (Å²) in [6.45, 7) is 7.62. The molecule has 12 rings (SSSR count). The Hall–Kier alpha value is -6.66. The van der Waals surface area contributed by atoms with Crippen LogP contribution in [-0.2, 0) is 23.8 Å². The number of rotatable bonds is 12. The number of carbonyl (C=O) groups excluding carboxylic acids is 4. The minimum atomic E-state index is -0.719. The van der Waals surface area contributed by atoms with Gasteiger partial charge in [0.05, 0.1) is 66.2 Å². The number of hydrogen-bond acceptors (Lipinski definition) is 11. The molecule has 17 nitrogen and oxygen atoms in total. The lowest BCUT2D eigenvalue weighted by atomic mass is 9.90. The number of aromatic amines is 2. The molecule has 2 aromatic carbocycles. The van der Waals surface area contributed by atoms with E-state index in [9.17, 15) is 19.2 Å². The lowest BCUT2D eigenvalue weighted by molar-refractivity contribution is -0.138. The van der Waals surface area contributed by atoms with Gasteiger partial charge in [-0.15, -0.1) is 11.3 Å². The molecule has 5 fully saturated rings. The molecule has 376 valence electrons. The molecule has 2 saturated carbocycles. The van der Waals surface area contributed by atoms with Crippen LogP contribution in [0.1, 0.15) is 116 Å². The molecule has 6 aromatic rings. The number of aryl methyl sites for hydroxylation is 1. The van der Waals surface area contributed by atoms with Gasteiger partial charge in [0.15, 0.2) is 0 Å². The van der Waals surface area contributed by atoms with Crippen molar-refractivity contribution in [2.75, 3.05) is 34.0 Å². The second kappa shape index (κ2) is 18.4. The Labute approximate surface area is 421 Å². The average molecular weight is 996 g/mol. The number of amides is 4. The number of hydrogen-bond donors (Lipinski definition) is 4. The number of fused-ring (bicyclic) bond motifs is 6. The number of piperidine rings is 1. The van der Waals surface area contributed by atoms with Crippen LogP contribution >= 0.6 is 11.3 Å². The lowest BCUT2D eigenvalue weighted by Gasteiger charge is -2.35. The second-order valence-electron chi connectivity index (χ2n) is 20.9. The molecule has 0 radical (unpaired) electrons. The molecule has 3 saturated heterocycles. The smallest absolute Gasteiger partial charge is 0.407 e. The van der Waals surface area contributed by atoms with Gasteiger partial charge in [0.1, 0.15) is 29.5 Å². The largest absolute Gasteiger partial charge is 0.464 e. The van der Waals surface area contributed by atoms with Gasteiger partial charge in [-0.3, -0.25) is 14.2 Å². The van der Waals surface area contributed by atoms with E-state index in [0.29, 0.717) is 50.3 Å². The Morgan fingerprint density at radius 2 is 1.53 bits per heavy atom. The number of aromatic nitrogens is 5. The summed E-state index contributed by atoms with van der Waals surface area (Å²) in [5.74, 6) is 2.84. The molecular formula is C54H61N9O8S. The molecule has 18 heteroatoms. The van der Waals surface area contributed by atoms with Gasteiger partial charge in [0.2, 0.25) is 18.0 Å². The predicted octanol–water partition coefficient (Wildman–Crippen LogP) is 9.13. The van der Waals surface area contributed by atoms with Crippen molar-refractivity contribution in [3.63, 3.8) is 0 Å². The summed E-state index contributed by atoms with van der Waals surface area (Å²) in [5.41, 5.74) is 7.77. The first-order valence-electron chi connectivity index (χ1n) is 25.5. The summed E-state index contributed by atoms with van der Waals surface area (Å²) in [4.78, 5) is 76.4. The van der Waals surface area contributed by atoms with Crippen molar-refractivity contribution in [2.24, 2.45) is 17.8 Å². The molecule has 4 N–H and O–H groups in total. The molecule has 0 spiro atoms. The number of nitrogens with one attached hydrogen (secondary N) is 4. The SMILES string of the molecule is COC(=O)N[C@H](C(=O)N1CCC[C@H]1c1ncc(-c2cc(C)c3c(c2)OC(c2ccc(C4CC4)s2)n2c-3cc3cc(-c4cnc([C@@H]5C[C@H]6C[C@H]6N5C(=O)[C@@H](NC(=O)OC)C5CCOCC5)[nH]4)ccc32)[nH]1)C(C)C. The monoisotopic (exact) mass is 995 g/mol. The topological polar surface area (TPSA) is 198 Å². The van der Waals surface area contributed by atoms with E-state index in [1.54, 1.807) is 0 Å². The number of benzene rings is 2. The summed E-state index contributed by atoms with van der Waals surface area (Å²) in [6.07, 6.45) is 9.23. The van der Waals surface area contributed by atoms with Gasteiger partial charge in [0, 0.05) is 52.8 Å². The van der Waals surface area contributed by atoms with Gasteiger partial charge >= 0.3 is 12.2 Å². The number of imidazole rings is 2. The summed E-state index contributed by atoms with van der Waals surface area (Å²) >= 11 is 1.83. The Morgan fingerprint density at radius 3 is 2.26 bits per heavy atom. The Bertz CT molecular complexity index is 3090. The number of alkyl carbamates (subject to hydrolysis) is 2. The summed E-state index contributed by atoms with van der Waals surface area (Å²) in [6, 6.07) is 15.7. The minimum Gasteiger partial charge on any atom is -0.464 e. The van der Waals surface area contributed by atoms with E-state index >= 15 is 0 Å². The van der Waals surface area contributed by atoms with Crippen molar-refractivity contribution in [3.05, 3.63) is 87.9 Å². The maximum Gasteiger partial charge on any atom is 0.407 e. The molecule has 4 aromatic heterocycles.